The Labute approximate surface area is 123 Å². The molecule has 0 aliphatic carbocycles. The highest BCUT2D eigenvalue weighted by atomic mass is 32.2. The lowest BCUT2D eigenvalue weighted by Crippen LogP contribution is -2.42. The fraction of sp³-hybridized carbons (Fsp3) is 0.538. The summed E-state index contributed by atoms with van der Waals surface area (Å²) in [5.74, 6) is 0. The molecule has 0 saturated carbocycles. The van der Waals surface area contributed by atoms with E-state index in [9.17, 15) is 18.5 Å². The quantitative estimate of drug-likeness (QED) is 0.643. The molecule has 2 rings (SSSR count). The number of sulfonamides is 1. The van der Waals surface area contributed by atoms with Crippen LogP contribution in [0.2, 0.25) is 0 Å². The third kappa shape index (κ3) is 3.58. The van der Waals surface area contributed by atoms with Gasteiger partial charge in [-0.3, -0.25) is 10.1 Å². The first kappa shape index (κ1) is 15.9. The molecular formula is C13H19N3O4S. The summed E-state index contributed by atoms with van der Waals surface area (Å²) in [7, 11) is -3.75. The zero-order valence-electron chi connectivity index (χ0n) is 12.0. The maximum Gasteiger partial charge on any atom is 0.271 e. The Morgan fingerprint density at radius 1 is 1.29 bits per heavy atom. The van der Waals surface area contributed by atoms with Crippen LogP contribution in [0.15, 0.2) is 17.0 Å². The molecule has 1 aromatic carbocycles. The van der Waals surface area contributed by atoms with Gasteiger partial charge in [0, 0.05) is 18.2 Å². The number of hydrogen-bond donors (Lipinski definition) is 2. The first-order valence-corrected chi connectivity index (χ1v) is 8.28. The first-order chi connectivity index (χ1) is 9.81. The number of nitro groups is 1. The largest absolute Gasteiger partial charge is 0.317 e. The molecule has 8 heteroatoms. The van der Waals surface area contributed by atoms with E-state index in [4.69, 9.17) is 0 Å². The van der Waals surface area contributed by atoms with Crippen molar-refractivity contribution in [2.24, 2.45) is 0 Å². The number of piperidine rings is 1. The number of aryl methyl sites for hydroxylation is 1. The minimum Gasteiger partial charge on any atom is -0.317 e. The number of hydrogen-bond acceptors (Lipinski definition) is 5. The van der Waals surface area contributed by atoms with Crippen LogP contribution >= 0.6 is 0 Å². The second-order valence-electron chi connectivity index (χ2n) is 5.29. The predicted molar refractivity (Wildman–Crippen MR) is 78.8 cm³/mol. The van der Waals surface area contributed by atoms with Gasteiger partial charge in [0.2, 0.25) is 10.0 Å². The van der Waals surface area contributed by atoms with Crippen molar-refractivity contribution in [2.75, 3.05) is 13.1 Å². The second kappa shape index (κ2) is 6.08. The van der Waals surface area contributed by atoms with Gasteiger partial charge in [0.1, 0.15) is 0 Å². The third-order valence-corrected chi connectivity index (χ3v) is 5.41. The molecule has 1 heterocycles. The summed E-state index contributed by atoms with van der Waals surface area (Å²) in [4.78, 5) is 10.3. The molecule has 2 N–H and O–H groups in total. The van der Waals surface area contributed by atoms with Crippen LogP contribution in [-0.4, -0.2) is 32.5 Å². The summed E-state index contributed by atoms with van der Waals surface area (Å²) in [5.41, 5.74) is 0.931. The molecule has 0 amide bonds. The van der Waals surface area contributed by atoms with Gasteiger partial charge in [-0.25, -0.2) is 13.1 Å². The molecule has 21 heavy (non-hydrogen) atoms. The molecule has 0 radical (unpaired) electrons. The Hall–Kier alpha value is -1.51. The van der Waals surface area contributed by atoms with E-state index < -0.39 is 14.9 Å². The lowest BCUT2D eigenvalue weighted by atomic mass is 10.1. The van der Waals surface area contributed by atoms with E-state index >= 15 is 0 Å². The number of nitrogens with one attached hydrogen (secondary N) is 2. The van der Waals surface area contributed by atoms with Crippen molar-refractivity contribution in [3.63, 3.8) is 0 Å². The maximum atomic E-state index is 12.5. The topological polar surface area (TPSA) is 101 Å². The number of rotatable bonds is 4. The summed E-state index contributed by atoms with van der Waals surface area (Å²) in [6.45, 7) is 4.86. The van der Waals surface area contributed by atoms with E-state index in [0.717, 1.165) is 19.2 Å². The minimum atomic E-state index is -3.75. The molecule has 1 aliphatic rings. The molecule has 1 saturated heterocycles. The summed E-state index contributed by atoms with van der Waals surface area (Å²) in [6.07, 6.45) is 1.43. The fourth-order valence-electron chi connectivity index (χ4n) is 2.42. The smallest absolute Gasteiger partial charge is 0.271 e. The van der Waals surface area contributed by atoms with Gasteiger partial charge in [-0.05, 0) is 50.9 Å². The molecule has 0 atom stereocenters. The van der Waals surface area contributed by atoms with Crippen molar-refractivity contribution in [3.05, 3.63) is 33.4 Å². The van der Waals surface area contributed by atoms with Crippen LogP contribution in [0.4, 0.5) is 5.69 Å². The normalized spacial score (nSPS) is 16.9. The molecule has 0 bridgehead atoms. The first-order valence-electron chi connectivity index (χ1n) is 6.80. The van der Waals surface area contributed by atoms with E-state index in [1.807, 2.05) is 0 Å². The van der Waals surface area contributed by atoms with Crippen LogP contribution in [0.3, 0.4) is 0 Å². The number of nitrogens with zero attached hydrogens (tertiary/aromatic N) is 1. The summed E-state index contributed by atoms with van der Waals surface area (Å²) < 4.78 is 27.6. The monoisotopic (exact) mass is 313 g/mol. The van der Waals surface area contributed by atoms with Crippen molar-refractivity contribution < 1.29 is 13.3 Å². The SMILES string of the molecule is Cc1cc([N+](=O)[O-])cc(S(=O)(=O)NC2CCNCC2)c1C. The minimum absolute atomic E-state index is 0.00673. The van der Waals surface area contributed by atoms with Gasteiger partial charge in [0.05, 0.1) is 9.82 Å². The highest BCUT2D eigenvalue weighted by Crippen LogP contribution is 2.25. The lowest BCUT2D eigenvalue weighted by Gasteiger charge is -2.24. The Kier molecular flexibility index (Phi) is 4.60. The van der Waals surface area contributed by atoms with Crippen LogP contribution in [0.25, 0.3) is 0 Å². The molecule has 0 aromatic heterocycles. The lowest BCUT2D eigenvalue weighted by molar-refractivity contribution is -0.385. The van der Waals surface area contributed by atoms with Gasteiger partial charge in [0.15, 0.2) is 0 Å². The van der Waals surface area contributed by atoms with Gasteiger partial charge < -0.3 is 5.32 Å². The molecule has 116 valence electrons. The van der Waals surface area contributed by atoms with Crippen LogP contribution in [0, 0.1) is 24.0 Å². The predicted octanol–water partition coefficient (Wildman–Crippen LogP) is 1.24. The average molecular weight is 313 g/mol. The molecule has 0 unspecified atom stereocenters. The molecule has 1 aliphatic heterocycles. The second-order valence-corrected chi connectivity index (χ2v) is 6.97. The van der Waals surface area contributed by atoms with Crippen LogP contribution in [-0.2, 0) is 10.0 Å². The number of nitro benzene ring substituents is 1. The molecule has 0 spiro atoms. The van der Waals surface area contributed by atoms with Gasteiger partial charge in [-0.1, -0.05) is 0 Å². The summed E-state index contributed by atoms with van der Waals surface area (Å²) in [5, 5.41) is 14.1. The third-order valence-electron chi connectivity index (χ3n) is 3.77. The van der Waals surface area contributed by atoms with Crippen molar-refractivity contribution >= 4 is 15.7 Å². The summed E-state index contributed by atoms with van der Waals surface area (Å²) >= 11 is 0. The Morgan fingerprint density at radius 3 is 2.48 bits per heavy atom. The van der Waals surface area contributed by atoms with Crippen LogP contribution in [0.5, 0.6) is 0 Å². The van der Waals surface area contributed by atoms with Crippen molar-refractivity contribution in [1.82, 2.24) is 10.0 Å². The van der Waals surface area contributed by atoms with Gasteiger partial charge in [-0.15, -0.1) is 0 Å². The average Bonchev–Trinajstić information content (AvgIpc) is 2.41. The van der Waals surface area contributed by atoms with E-state index in [1.54, 1.807) is 13.8 Å². The summed E-state index contributed by atoms with van der Waals surface area (Å²) in [6, 6.07) is 2.39. The van der Waals surface area contributed by atoms with Gasteiger partial charge >= 0.3 is 0 Å². The molecule has 1 fully saturated rings. The standard InChI is InChI=1S/C13H19N3O4S/c1-9-7-12(16(17)18)8-13(10(9)2)21(19,20)15-11-3-5-14-6-4-11/h7-8,11,14-15H,3-6H2,1-2H3. The van der Waals surface area contributed by atoms with E-state index in [1.165, 1.54) is 6.07 Å². The number of benzene rings is 1. The Morgan fingerprint density at radius 2 is 1.90 bits per heavy atom. The molecule has 7 nitrogen and oxygen atoms in total. The van der Waals surface area contributed by atoms with E-state index in [2.05, 4.69) is 10.0 Å². The maximum absolute atomic E-state index is 12.5. The zero-order chi connectivity index (χ0) is 15.6. The van der Waals surface area contributed by atoms with Crippen molar-refractivity contribution in [2.45, 2.75) is 37.6 Å². The van der Waals surface area contributed by atoms with E-state index in [-0.39, 0.29) is 16.6 Å². The van der Waals surface area contributed by atoms with E-state index in [0.29, 0.717) is 24.0 Å². The molecule has 1 aromatic rings. The van der Waals surface area contributed by atoms with Gasteiger partial charge in [-0.2, -0.15) is 0 Å². The number of non-ortho nitro benzene ring substituents is 1. The van der Waals surface area contributed by atoms with Crippen LogP contribution < -0.4 is 10.0 Å². The van der Waals surface area contributed by atoms with Crippen LogP contribution in [0.1, 0.15) is 24.0 Å². The van der Waals surface area contributed by atoms with Gasteiger partial charge in [0.25, 0.3) is 5.69 Å². The highest BCUT2D eigenvalue weighted by Gasteiger charge is 2.26. The van der Waals surface area contributed by atoms with Crippen molar-refractivity contribution in [1.29, 1.82) is 0 Å². The zero-order valence-corrected chi connectivity index (χ0v) is 12.9. The Bertz CT molecular complexity index is 652. The Balaban J connectivity index is 2.36. The highest BCUT2D eigenvalue weighted by molar-refractivity contribution is 7.89. The molecular weight excluding hydrogens is 294 g/mol. The fourth-order valence-corrected chi connectivity index (χ4v) is 4.06. The van der Waals surface area contributed by atoms with Crippen molar-refractivity contribution in [3.8, 4) is 0 Å².